The second-order valence-corrected chi connectivity index (χ2v) is 14.4. The van der Waals surface area contributed by atoms with Crippen LogP contribution in [0.15, 0.2) is 16.7 Å². The summed E-state index contributed by atoms with van der Waals surface area (Å²) in [6.45, 7) is 11.9. The lowest BCUT2D eigenvalue weighted by atomic mass is 9.43. The van der Waals surface area contributed by atoms with Gasteiger partial charge in [0.1, 0.15) is 11.9 Å². The fraction of sp³-hybridized carbons (Fsp3) is 0.808. The Kier molecular flexibility index (Phi) is 4.75. The molecule has 5 nitrogen and oxygen atoms in total. The first kappa shape index (κ1) is 22.6. The van der Waals surface area contributed by atoms with Crippen LogP contribution in [0.4, 0.5) is 0 Å². The molecule has 0 radical (unpaired) electrons. The molecule has 6 heteroatoms. The van der Waals surface area contributed by atoms with Crippen molar-refractivity contribution in [2.75, 3.05) is 6.26 Å². The molecule has 0 aliphatic heterocycles. The van der Waals surface area contributed by atoms with Crippen LogP contribution in [0.25, 0.3) is 0 Å². The smallest absolute Gasteiger partial charge is 0.265 e. The highest BCUT2D eigenvalue weighted by molar-refractivity contribution is 7.86. The second kappa shape index (κ2) is 6.71. The maximum Gasteiger partial charge on any atom is 0.265 e. The molecular formula is C26H38O5S. The standard InChI is InChI=1S/C26H38O5S/c1-23(2)10-7-11-24(3)18(23)8-12-25(4)19-14-17(27)16-9-13-30-21(16)22(31-32(6,28)29)26(19,5)15-20(24)25/h9,13,18-20,22H,7-8,10-12,14-15H2,1-6H3/t18-,19-,20+,22-,24-,25-,26-/m0/s1. The van der Waals surface area contributed by atoms with Crippen LogP contribution >= 0.6 is 0 Å². The topological polar surface area (TPSA) is 73.6 Å². The van der Waals surface area contributed by atoms with Gasteiger partial charge in [-0.25, -0.2) is 0 Å². The van der Waals surface area contributed by atoms with Crippen LogP contribution in [-0.4, -0.2) is 20.5 Å². The maximum atomic E-state index is 13.4. The number of ketones is 1. The normalized spacial score (nSPS) is 45.4. The number of hydrogen-bond acceptors (Lipinski definition) is 5. The minimum atomic E-state index is -3.74. The molecule has 0 amide bonds. The van der Waals surface area contributed by atoms with Gasteiger partial charge in [0.25, 0.3) is 10.1 Å². The Bertz CT molecular complexity index is 1050. The van der Waals surface area contributed by atoms with E-state index in [4.69, 9.17) is 8.60 Å². The summed E-state index contributed by atoms with van der Waals surface area (Å²) in [6, 6.07) is 1.68. The molecule has 4 aliphatic rings. The van der Waals surface area contributed by atoms with Crippen molar-refractivity contribution in [3.05, 3.63) is 23.7 Å². The summed E-state index contributed by atoms with van der Waals surface area (Å²) >= 11 is 0. The van der Waals surface area contributed by atoms with Crippen molar-refractivity contribution in [1.29, 1.82) is 0 Å². The van der Waals surface area contributed by atoms with E-state index in [9.17, 15) is 13.2 Å². The number of Topliss-reactive ketones (excluding diaryl/α,β-unsaturated/α-hetero) is 1. The summed E-state index contributed by atoms with van der Waals surface area (Å²) in [4.78, 5) is 13.4. The molecule has 178 valence electrons. The van der Waals surface area contributed by atoms with E-state index < -0.39 is 21.6 Å². The van der Waals surface area contributed by atoms with E-state index >= 15 is 0 Å². The lowest BCUT2D eigenvalue weighted by Crippen LogP contribution is -2.54. The maximum absolute atomic E-state index is 13.4. The van der Waals surface area contributed by atoms with E-state index in [0.29, 0.717) is 35.0 Å². The van der Waals surface area contributed by atoms with Crippen LogP contribution in [0.5, 0.6) is 0 Å². The zero-order chi connectivity index (χ0) is 23.3. The molecule has 3 fully saturated rings. The SMILES string of the molecule is CC1(C)CCC[C@]2(C)[C@H]3C[C@@]4(C)[C@@H](CC(=O)c5ccoc5[C@@H]4OS(C)(=O)=O)[C@]3(C)CC[C@@H]12. The van der Waals surface area contributed by atoms with E-state index in [1.807, 2.05) is 0 Å². The molecule has 0 unspecified atom stereocenters. The number of carbonyl (C=O) groups excluding carboxylic acids is 1. The molecule has 0 bridgehead atoms. The number of fused-ring (bicyclic) bond motifs is 6. The molecule has 1 heterocycles. The van der Waals surface area contributed by atoms with Gasteiger partial charge in [-0.3, -0.25) is 8.98 Å². The molecule has 0 aromatic carbocycles. The fourth-order valence-corrected chi connectivity index (χ4v) is 10.00. The molecular weight excluding hydrogens is 424 g/mol. The van der Waals surface area contributed by atoms with E-state index in [1.165, 1.54) is 31.9 Å². The van der Waals surface area contributed by atoms with Crippen LogP contribution in [0.3, 0.4) is 0 Å². The summed E-state index contributed by atoms with van der Waals surface area (Å²) in [5.41, 5.74) is 0.487. The van der Waals surface area contributed by atoms with Crippen LogP contribution in [-0.2, 0) is 14.3 Å². The Morgan fingerprint density at radius 3 is 2.34 bits per heavy atom. The van der Waals surface area contributed by atoms with Gasteiger partial charge in [-0.2, -0.15) is 8.42 Å². The molecule has 32 heavy (non-hydrogen) atoms. The van der Waals surface area contributed by atoms with Gasteiger partial charge in [-0.05, 0) is 72.2 Å². The number of carbonyl (C=O) groups is 1. The Morgan fingerprint density at radius 1 is 0.969 bits per heavy atom. The number of rotatable bonds is 2. The zero-order valence-electron chi connectivity index (χ0n) is 20.4. The second-order valence-electron chi connectivity index (χ2n) is 12.8. The van der Waals surface area contributed by atoms with Crippen molar-refractivity contribution in [1.82, 2.24) is 0 Å². The molecule has 1 aromatic rings. The van der Waals surface area contributed by atoms with Gasteiger partial charge >= 0.3 is 0 Å². The minimum absolute atomic E-state index is 0.0222. The van der Waals surface area contributed by atoms with Gasteiger partial charge in [0, 0.05) is 11.8 Å². The molecule has 4 aliphatic carbocycles. The predicted octanol–water partition coefficient (Wildman–Crippen LogP) is 6.16. The average molecular weight is 463 g/mol. The lowest BCUT2D eigenvalue weighted by molar-refractivity contribution is -0.126. The summed E-state index contributed by atoms with van der Waals surface area (Å²) in [7, 11) is -3.74. The highest BCUT2D eigenvalue weighted by Crippen LogP contribution is 2.76. The largest absolute Gasteiger partial charge is 0.466 e. The fourth-order valence-electron chi connectivity index (χ4n) is 9.34. The Morgan fingerprint density at radius 2 is 1.66 bits per heavy atom. The quantitative estimate of drug-likeness (QED) is 0.492. The van der Waals surface area contributed by atoms with Gasteiger partial charge in [0.15, 0.2) is 5.78 Å². The van der Waals surface area contributed by atoms with E-state index in [2.05, 4.69) is 34.6 Å². The van der Waals surface area contributed by atoms with Gasteiger partial charge in [0.2, 0.25) is 0 Å². The third-order valence-electron chi connectivity index (χ3n) is 10.6. The molecule has 0 N–H and O–H groups in total. The minimum Gasteiger partial charge on any atom is -0.466 e. The van der Waals surface area contributed by atoms with Crippen molar-refractivity contribution in [3.63, 3.8) is 0 Å². The highest BCUT2D eigenvalue weighted by atomic mass is 32.2. The summed E-state index contributed by atoms with van der Waals surface area (Å²) in [5.74, 6) is 1.60. The first-order chi connectivity index (χ1) is 14.7. The first-order valence-corrected chi connectivity index (χ1v) is 14.0. The third kappa shape index (κ3) is 2.97. The zero-order valence-corrected chi connectivity index (χ0v) is 21.2. The summed E-state index contributed by atoms with van der Waals surface area (Å²) in [6.07, 6.45) is 9.11. The van der Waals surface area contributed by atoms with Gasteiger partial charge in [0.05, 0.1) is 18.1 Å². The Labute approximate surface area is 192 Å². The van der Waals surface area contributed by atoms with E-state index in [0.717, 1.165) is 19.1 Å². The summed E-state index contributed by atoms with van der Waals surface area (Å²) < 4.78 is 36.3. The van der Waals surface area contributed by atoms with Gasteiger partial charge in [-0.1, -0.05) is 41.0 Å². The third-order valence-corrected chi connectivity index (χ3v) is 11.1. The highest BCUT2D eigenvalue weighted by Gasteiger charge is 2.70. The van der Waals surface area contributed by atoms with Crippen molar-refractivity contribution in [2.24, 2.45) is 39.4 Å². The van der Waals surface area contributed by atoms with Crippen LogP contribution in [0.1, 0.15) is 102 Å². The average Bonchev–Trinajstić information content (AvgIpc) is 3.20. The molecule has 1 aromatic heterocycles. The number of hydrogen-bond donors (Lipinski definition) is 0. The van der Waals surface area contributed by atoms with Crippen molar-refractivity contribution in [3.8, 4) is 0 Å². The Hall–Kier alpha value is -1.14. The predicted molar refractivity (Wildman–Crippen MR) is 123 cm³/mol. The van der Waals surface area contributed by atoms with Crippen molar-refractivity contribution in [2.45, 2.75) is 85.7 Å². The van der Waals surface area contributed by atoms with E-state index in [-0.39, 0.29) is 22.5 Å². The number of furan rings is 1. The van der Waals surface area contributed by atoms with Crippen molar-refractivity contribution >= 4 is 15.9 Å². The molecule has 5 rings (SSSR count). The van der Waals surface area contributed by atoms with Crippen LogP contribution in [0, 0.1) is 39.4 Å². The lowest BCUT2D eigenvalue weighted by Gasteiger charge is -2.62. The summed E-state index contributed by atoms with van der Waals surface area (Å²) in [5, 5.41) is 0. The van der Waals surface area contributed by atoms with Crippen LogP contribution < -0.4 is 0 Å². The monoisotopic (exact) mass is 462 g/mol. The van der Waals surface area contributed by atoms with E-state index in [1.54, 1.807) is 6.07 Å². The molecule has 0 spiro atoms. The van der Waals surface area contributed by atoms with Crippen LogP contribution in [0.2, 0.25) is 0 Å². The Balaban J connectivity index is 1.66. The first-order valence-electron chi connectivity index (χ1n) is 12.2. The molecule has 0 saturated heterocycles. The van der Waals surface area contributed by atoms with Crippen molar-refractivity contribution < 1.29 is 21.8 Å². The van der Waals surface area contributed by atoms with Gasteiger partial charge in [-0.15, -0.1) is 0 Å². The molecule has 7 atom stereocenters. The van der Waals surface area contributed by atoms with Gasteiger partial charge < -0.3 is 4.42 Å². The molecule has 3 saturated carbocycles.